The molecule has 5 heteroatoms. The van der Waals surface area contributed by atoms with Crippen LogP contribution in [0.5, 0.6) is 0 Å². The van der Waals surface area contributed by atoms with Gasteiger partial charge in [-0.05, 0) is 37.8 Å². The van der Waals surface area contributed by atoms with Gasteiger partial charge in [0.05, 0.1) is 4.90 Å². The van der Waals surface area contributed by atoms with Crippen LogP contribution < -0.4 is 0 Å². The first-order valence-electron chi connectivity index (χ1n) is 7.63. The highest BCUT2D eigenvalue weighted by Crippen LogP contribution is 2.20. The van der Waals surface area contributed by atoms with E-state index in [1.807, 2.05) is 13.0 Å². The molecular weight excluding hydrogens is 288 g/mol. The normalized spacial score (nSPS) is 11.8. The highest BCUT2D eigenvalue weighted by molar-refractivity contribution is 7.85. The third-order valence-corrected chi connectivity index (χ3v) is 4.55. The molecule has 0 fully saturated rings. The fourth-order valence-electron chi connectivity index (χ4n) is 2.47. The molecule has 0 unspecified atom stereocenters. The summed E-state index contributed by atoms with van der Waals surface area (Å²) in [5.41, 5.74) is 1.71. The maximum atomic E-state index is 11.3. The first kappa shape index (κ1) is 18.1. The summed E-state index contributed by atoms with van der Waals surface area (Å²) in [4.78, 5) is 0.0380. The van der Waals surface area contributed by atoms with Crippen LogP contribution >= 0.6 is 0 Å². The van der Waals surface area contributed by atoms with Gasteiger partial charge in [-0.25, -0.2) is 0 Å². The van der Waals surface area contributed by atoms with E-state index in [1.165, 1.54) is 6.07 Å². The summed E-state index contributed by atoms with van der Waals surface area (Å²) in [5, 5.41) is 8.68. The monoisotopic (exact) mass is 314 g/mol. The Labute approximate surface area is 128 Å². The Bertz CT molecular complexity index is 523. The first-order chi connectivity index (χ1) is 9.95. The fraction of sp³-hybridized carbons (Fsp3) is 0.625. The summed E-state index contributed by atoms with van der Waals surface area (Å²) in [6.45, 7) is 2.18. The molecule has 0 aliphatic carbocycles. The molecule has 0 spiro atoms. The molecule has 4 nitrogen and oxygen atoms in total. The largest absolute Gasteiger partial charge is 0.396 e. The van der Waals surface area contributed by atoms with Gasteiger partial charge in [-0.2, -0.15) is 8.42 Å². The van der Waals surface area contributed by atoms with Gasteiger partial charge in [0, 0.05) is 6.61 Å². The number of aryl methyl sites for hydroxylation is 2. The van der Waals surface area contributed by atoms with Gasteiger partial charge in [0.2, 0.25) is 0 Å². The Morgan fingerprint density at radius 2 is 1.52 bits per heavy atom. The summed E-state index contributed by atoms with van der Waals surface area (Å²) in [6, 6.07) is 5.02. The van der Waals surface area contributed by atoms with E-state index in [-0.39, 0.29) is 11.5 Å². The van der Waals surface area contributed by atoms with Gasteiger partial charge in [-0.15, -0.1) is 0 Å². The molecule has 0 radical (unpaired) electrons. The van der Waals surface area contributed by atoms with Crippen LogP contribution in [0.2, 0.25) is 0 Å². The lowest BCUT2D eigenvalue weighted by Crippen LogP contribution is -2.03. The summed E-state index contributed by atoms with van der Waals surface area (Å²) >= 11 is 0. The number of unbranched alkanes of at least 4 members (excludes halogenated alkanes) is 6. The summed E-state index contributed by atoms with van der Waals surface area (Å²) in [6.07, 6.45) is 8.01. The predicted molar refractivity (Wildman–Crippen MR) is 84.1 cm³/mol. The van der Waals surface area contributed by atoms with Gasteiger partial charge in [-0.3, -0.25) is 4.55 Å². The standard InChI is InChI=1S/C16H26O4S/c1-14-10-11-16(21(18,19)20)15(13-14)9-7-5-3-2-4-6-8-12-17/h10-11,13,17H,2-9,12H2,1H3,(H,18,19,20). The highest BCUT2D eigenvalue weighted by atomic mass is 32.2. The minimum absolute atomic E-state index is 0.0380. The molecule has 1 rings (SSSR count). The van der Waals surface area contributed by atoms with Crippen LogP contribution in [0.3, 0.4) is 0 Å². The molecule has 0 saturated carbocycles. The van der Waals surface area contributed by atoms with Crippen LogP contribution in [-0.4, -0.2) is 24.7 Å². The van der Waals surface area contributed by atoms with E-state index in [0.29, 0.717) is 12.0 Å². The number of hydrogen-bond acceptors (Lipinski definition) is 3. The average molecular weight is 314 g/mol. The summed E-state index contributed by atoms with van der Waals surface area (Å²) in [7, 11) is -4.13. The second kappa shape index (κ2) is 9.18. The lowest BCUT2D eigenvalue weighted by Gasteiger charge is -2.08. The van der Waals surface area contributed by atoms with Gasteiger partial charge in [0.1, 0.15) is 0 Å². The van der Waals surface area contributed by atoms with Gasteiger partial charge < -0.3 is 5.11 Å². The van der Waals surface area contributed by atoms with Gasteiger partial charge in [0.15, 0.2) is 0 Å². The second-order valence-electron chi connectivity index (χ2n) is 5.53. The maximum Gasteiger partial charge on any atom is 0.294 e. The quantitative estimate of drug-likeness (QED) is 0.512. The molecule has 0 amide bonds. The van der Waals surface area contributed by atoms with Crippen molar-refractivity contribution in [2.45, 2.75) is 63.2 Å². The molecule has 21 heavy (non-hydrogen) atoms. The molecule has 1 aromatic carbocycles. The van der Waals surface area contributed by atoms with Crippen LogP contribution in [-0.2, 0) is 16.5 Å². The second-order valence-corrected chi connectivity index (χ2v) is 6.92. The van der Waals surface area contributed by atoms with E-state index in [4.69, 9.17) is 5.11 Å². The fourth-order valence-corrected chi connectivity index (χ4v) is 3.20. The van der Waals surface area contributed by atoms with Gasteiger partial charge in [-0.1, -0.05) is 49.8 Å². The molecule has 0 bridgehead atoms. The number of hydrogen-bond donors (Lipinski definition) is 2. The molecule has 0 heterocycles. The van der Waals surface area contributed by atoms with Gasteiger partial charge in [0.25, 0.3) is 10.1 Å². The number of benzene rings is 1. The lowest BCUT2D eigenvalue weighted by molar-refractivity contribution is 0.282. The third kappa shape index (κ3) is 7.07. The van der Waals surface area contributed by atoms with Crippen LogP contribution in [0, 0.1) is 6.92 Å². The van der Waals surface area contributed by atoms with Crippen LogP contribution in [0.25, 0.3) is 0 Å². The highest BCUT2D eigenvalue weighted by Gasteiger charge is 2.14. The molecule has 0 aliphatic rings. The molecule has 0 aliphatic heterocycles. The van der Waals surface area contributed by atoms with Crippen molar-refractivity contribution >= 4 is 10.1 Å². The van der Waals surface area contributed by atoms with Crippen molar-refractivity contribution in [3.05, 3.63) is 29.3 Å². The Hall–Kier alpha value is -0.910. The van der Waals surface area contributed by atoms with Gasteiger partial charge >= 0.3 is 0 Å². The van der Waals surface area contributed by atoms with Crippen molar-refractivity contribution in [2.75, 3.05) is 6.61 Å². The Balaban J connectivity index is 2.40. The van der Waals surface area contributed by atoms with E-state index in [0.717, 1.165) is 50.5 Å². The first-order valence-corrected chi connectivity index (χ1v) is 9.07. The molecule has 0 saturated heterocycles. The molecule has 1 aromatic rings. The van der Waals surface area contributed by atoms with E-state index in [9.17, 15) is 13.0 Å². The third-order valence-electron chi connectivity index (χ3n) is 3.60. The van der Waals surface area contributed by atoms with Crippen LogP contribution in [0.1, 0.15) is 56.1 Å². The molecule has 0 aromatic heterocycles. The van der Waals surface area contributed by atoms with Crippen molar-refractivity contribution in [1.82, 2.24) is 0 Å². The molecule has 0 atom stereocenters. The zero-order valence-electron chi connectivity index (χ0n) is 12.7. The van der Waals surface area contributed by atoms with E-state index in [2.05, 4.69) is 0 Å². The zero-order valence-corrected chi connectivity index (χ0v) is 13.5. The molecular formula is C16H26O4S. The minimum atomic E-state index is -4.13. The van der Waals surface area contributed by atoms with Crippen LogP contribution in [0.4, 0.5) is 0 Å². The Morgan fingerprint density at radius 3 is 2.10 bits per heavy atom. The van der Waals surface area contributed by atoms with Crippen LogP contribution in [0.15, 0.2) is 23.1 Å². The summed E-state index contributed by atoms with van der Waals surface area (Å²) < 4.78 is 31.9. The Morgan fingerprint density at radius 1 is 0.952 bits per heavy atom. The average Bonchev–Trinajstić information content (AvgIpc) is 2.40. The molecule has 120 valence electrons. The number of rotatable bonds is 10. The van der Waals surface area contributed by atoms with E-state index >= 15 is 0 Å². The lowest BCUT2D eigenvalue weighted by atomic mass is 10.0. The maximum absolute atomic E-state index is 11.3. The summed E-state index contributed by atoms with van der Waals surface area (Å²) in [5.74, 6) is 0. The van der Waals surface area contributed by atoms with Crippen molar-refractivity contribution in [3.8, 4) is 0 Å². The number of aliphatic hydroxyl groups is 1. The number of aliphatic hydroxyl groups excluding tert-OH is 1. The van der Waals surface area contributed by atoms with Crippen molar-refractivity contribution in [1.29, 1.82) is 0 Å². The van der Waals surface area contributed by atoms with Crippen molar-refractivity contribution < 1.29 is 18.1 Å². The topological polar surface area (TPSA) is 74.6 Å². The van der Waals surface area contributed by atoms with Crippen molar-refractivity contribution in [3.63, 3.8) is 0 Å². The zero-order chi connectivity index (χ0) is 15.7. The molecule has 2 N–H and O–H groups in total. The Kier molecular flexibility index (Phi) is 7.93. The minimum Gasteiger partial charge on any atom is -0.396 e. The van der Waals surface area contributed by atoms with Crippen molar-refractivity contribution in [2.24, 2.45) is 0 Å². The predicted octanol–water partition coefficient (Wildman–Crippen LogP) is 3.51. The smallest absolute Gasteiger partial charge is 0.294 e. The SMILES string of the molecule is Cc1ccc(S(=O)(=O)O)c(CCCCCCCCCO)c1. The van der Waals surface area contributed by atoms with E-state index in [1.54, 1.807) is 6.07 Å². The van der Waals surface area contributed by atoms with E-state index < -0.39 is 10.1 Å².